The van der Waals surface area contributed by atoms with Gasteiger partial charge in [0.2, 0.25) is 0 Å². The highest BCUT2D eigenvalue weighted by atomic mass is 16.5. The van der Waals surface area contributed by atoms with Crippen molar-refractivity contribution in [3.8, 4) is 0 Å². The first-order chi connectivity index (χ1) is 7.13. The number of allylic oxidation sites excluding steroid dienone is 1. The van der Waals surface area contributed by atoms with Crippen LogP contribution in [-0.4, -0.2) is 5.97 Å². The van der Waals surface area contributed by atoms with Crippen molar-refractivity contribution in [3.63, 3.8) is 0 Å². The Morgan fingerprint density at radius 3 is 2.67 bits per heavy atom. The Hall–Kier alpha value is -1.57. The number of hydrogen-bond donors (Lipinski definition) is 0. The SMILES string of the molecule is C/C=C/C(=O)OCc1ccc(C)c(C)c1. The average Bonchev–Trinajstić information content (AvgIpc) is 2.20. The summed E-state index contributed by atoms with van der Waals surface area (Å²) in [7, 11) is 0. The number of esters is 1. The second kappa shape index (κ2) is 5.35. The average molecular weight is 204 g/mol. The molecule has 0 aliphatic heterocycles. The molecule has 0 bridgehead atoms. The van der Waals surface area contributed by atoms with Crippen LogP contribution in [0.5, 0.6) is 0 Å². The van der Waals surface area contributed by atoms with Crippen LogP contribution in [0.1, 0.15) is 23.6 Å². The molecule has 1 aromatic rings. The summed E-state index contributed by atoms with van der Waals surface area (Å²) in [5.41, 5.74) is 3.49. The molecule has 15 heavy (non-hydrogen) atoms. The van der Waals surface area contributed by atoms with Gasteiger partial charge in [-0.3, -0.25) is 0 Å². The second-order valence-electron chi connectivity index (χ2n) is 3.53. The van der Waals surface area contributed by atoms with Crippen molar-refractivity contribution in [2.24, 2.45) is 0 Å². The molecule has 0 N–H and O–H groups in total. The van der Waals surface area contributed by atoms with E-state index in [9.17, 15) is 4.79 Å². The summed E-state index contributed by atoms with van der Waals surface area (Å²) < 4.78 is 5.04. The zero-order chi connectivity index (χ0) is 11.3. The van der Waals surface area contributed by atoms with Crippen molar-refractivity contribution in [1.29, 1.82) is 0 Å². The molecule has 0 aromatic heterocycles. The number of rotatable bonds is 3. The van der Waals surface area contributed by atoms with Crippen LogP contribution in [0.4, 0.5) is 0 Å². The van der Waals surface area contributed by atoms with E-state index in [1.807, 2.05) is 25.1 Å². The summed E-state index contributed by atoms with van der Waals surface area (Å²) in [6, 6.07) is 6.05. The van der Waals surface area contributed by atoms with Crippen LogP contribution in [0.3, 0.4) is 0 Å². The number of carbonyl (C=O) groups is 1. The van der Waals surface area contributed by atoms with Crippen molar-refractivity contribution in [3.05, 3.63) is 47.0 Å². The van der Waals surface area contributed by atoms with Crippen molar-refractivity contribution in [2.45, 2.75) is 27.4 Å². The van der Waals surface area contributed by atoms with Crippen LogP contribution in [0.15, 0.2) is 30.4 Å². The molecule has 0 fully saturated rings. The summed E-state index contributed by atoms with van der Waals surface area (Å²) in [5.74, 6) is -0.296. The largest absolute Gasteiger partial charge is 0.458 e. The van der Waals surface area contributed by atoms with Gasteiger partial charge in [0, 0.05) is 6.08 Å². The first-order valence-electron chi connectivity index (χ1n) is 4.99. The third-order valence-corrected chi connectivity index (χ3v) is 2.26. The van der Waals surface area contributed by atoms with Gasteiger partial charge in [0.05, 0.1) is 0 Å². The molecule has 0 atom stereocenters. The van der Waals surface area contributed by atoms with Gasteiger partial charge in [-0.05, 0) is 37.5 Å². The molecule has 0 heterocycles. The topological polar surface area (TPSA) is 26.3 Å². The van der Waals surface area contributed by atoms with Crippen molar-refractivity contribution < 1.29 is 9.53 Å². The normalized spacial score (nSPS) is 10.6. The van der Waals surface area contributed by atoms with Crippen LogP contribution < -0.4 is 0 Å². The van der Waals surface area contributed by atoms with E-state index in [2.05, 4.69) is 6.92 Å². The molecule has 0 spiro atoms. The van der Waals surface area contributed by atoms with Crippen LogP contribution in [0, 0.1) is 13.8 Å². The fraction of sp³-hybridized carbons (Fsp3) is 0.308. The van der Waals surface area contributed by atoms with Crippen molar-refractivity contribution >= 4 is 5.97 Å². The van der Waals surface area contributed by atoms with Gasteiger partial charge < -0.3 is 4.74 Å². The highest BCUT2D eigenvalue weighted by Gasteiger charge is 1.99. The van der Waals surface area contributed by atoms with Gasteiger partial charge in [0.1, 0.15) is 6.61 Å². The molecule has 0 unspecified atom stereocenters. The number of ether oxygens (including phenoxy) is 1. The van der Waals surface area contributed by atoms with E-state index in [0.717, 1.165) is 5.56 Å². The number of carbonyl (C=O) groups excluding carboxylic acids is 1. The monoisotopic (exact) mass is 204 g/mol. The van der Waals surface area contributed by atoms with Crippen LogP contribution in [-0.2, 0) is 16.1 Å². The summed E-state index contributed by atoms with van der Waals surface area (Å²) >= 11 is 0. The lowest BCUT2D eigenvalue weighted by molar-refractivity contribution is -0.139. The van der Waals surface area contributed by atoms with Gasteiger partial charge in [0.25, 0.3) is 0 Å². The summed E-state index contributed by atoms with van der Waals surface area (Å²) in [6.45, 7) is 6.24. The maximum Gasteiger partial charge on any atom is 0.330 e. The second-order valence-corrected chi connectivity index (χ2v) is 3.53. The first-order valence-corrected chi connectivity index (χ1v) is 4.99. The van der Waals surface area contributed by atoms with Gasteiger partial charge in [-0.1, -0.05) is 24.3 Å². The highest BCUT2D eigenvalue weighted by molar-refractivity contribution is 5.81. The fourth-order valence-corrected chi connectivity index (χ4v) is 1.23. The Bertz CT molecular complexity index is 378. The number of aryl methyl sites for hydroxylation is 2. The van der Waals surface area contributed by atoms with E-state index >= 15 is 0 Å². The van der Waals surface area contributed by atoms with Crippen LogP contribution >= 0.6 is 0 Å². The Morgan fingerprint density at radius 2 is 2.07 bits per heavy atom. The van der Waals surface area contributed by atoms with Crippen molar-refractivity contribution in [2.75, 3.05) is 0 Å². The third-order valence-electron chi connectivity index (χ3n) is 2.26. The minimum Gasteiger partial charge on any atom is -0.458 e. The molecule has 80 valence electrons. The van der Waals surface area contributed by atoms with Gasteiger partial charge in [-0.15, -0.1) is 0 Å². The lowest BCUT2D eigenvalue weighted by atomic mass is 10.1. The van der Waals surface area contributed by atoms with Gasteiger partial charge in [0.15, 0.2) is 0 Å². The standard InChI is InChI=1S/C13H16O2/c1-4-5-13(14)15-9-12-7-6-10(2)11(3)8-12/h4-8H,9H2,1-3H3/b5-4+. The maximum absolute atomic E-state index is 11.1. The lowest BCUT2D eigenvalue weighted by Crippen LogP contribution is -2.00. The fourth-order valence-electron chi connectivity index (χ4n) is 1.23. The van der Waals surface area contributed by atoms with E-state index in [1.54, 1.807) is 13.0 Å². The minimum atomic E-state index is -0.296. The lowest BCUT2D eigenvalue weighted by Gasteiger charge is -2.05. The maximum atomic E-state index is 11.1. The summed E-state index contributed by atoms with van der Waals surface area (Å²) in [4.78, 5) is 11.1. The number of hydrogen-bond acceptors (Lipinski definition) is 2. The molecule has 0 aliphatic rings. The molecule has 1 aromatic carbocycles. The van der Waals surface area contributed by atoms with Crippen LogP contribution in [0.25, 0.3) is 0 Å². The highest BCUT2D eigenvalue weighted by Crippen LogP contribution is 2.10. The molecule has 0 amide bonds. The predicted octanol–water partition coefficient (Wildman–Crippen LogP) is 2.92. The zero-order valence-corrected chi connectivity index (χ0v) is 9.41. The van der Waals surface area contributed by atoms with Gasteiger partial charge in [-0.2, -0.15) is 0 Å². The van der Waals surface area contributed by atoms with E-state index in [0.29, 0.717) is 6.61 Å². The zero-order valence-electron chi connectivity index (χ0n) is 9.41. The predicted molar refractivity (Wildman–Crippen MR) is 60.5 cm³/mol. The smallest absolute Gasteiger partial charge is 0.330 e. The van der Waals surface area contributed by atoms with E-state index in [-0.39, 0.29) is 5.97 Å². The molecule has 0 saturated heterocycles. The van der Waals surface area contributed by atoms with E-state index < -0.39 is 0 Å². The summed E-state index contributed by atoms with van der Waals surface area (Å²) in [5, 5.41) is 0. The number of benzene rings is 1. The van der Waals surface area contributed by atoms with Gasteiger partial charge in [-0.25, -0.2) is 4.79 Å². The molecular weight excluding hydrogens is 188 g/mol. The molecular formula is C13H16O2. The first kappa shape index (κ1) is 11.5. The van der Waals surface area contributed by atoms with E-state index in [1.165, 1.54) is 17.2 Å². The van der Waals surface area contributed by atoms with Gasteiger partial charge >= 0.3 is 5.97 Å². The molecule has 2 nitrogen and oxygen atoms in total. The molecule has 1 rings (SSSR count). The Morgan fingerprint density at radius 1 is 1.33 bits per heavy atom. The minimum absolute atomic E-state index is 0.296. The van der Waals surface area contributed by atoms with Crippen LogP contribution in [0.2, 0.25) is 0 Å². The third kappa shape index (κ3) is 3.58. The Labute approximate surface area is 90.6 Å². The Kier molecular flexibility index (Phi) is 4.10. The molecule has 2 heteroatoms. The molecule has 0 saturated carbocycles. The Balaban J connectivity index is 2.58. The van der Waals surface area contributed by atoms with E-state index in [4.69, 9.17) is 4.74 Å². The quantitative estimate of drug-likeness (QED) is 0.559. The molecule has 0 radical (unpaired) electrons. The molecule has 0 aliphatic carbocycles. The van der Waals surface area contributed by atoms with Crippen molar-refractivity contribution in [1.82, 2.24) is 0 Å². The summed E-state index contributed by atoms with van der Waals surface area (Å²) in [6.07, 6.45) is 3.09.